The Hall–Kier alpha value is -4.51. The monoisotopic (exact) mass is 677 g/mol. The summed E-state index contributed by atoms with van der Waals surface area (Å²) in [6.45, 7) is 15.2. The molecule has 2 N–H and O–H groups in total. The van der Waals surface area contributed by atoms with Crippen LogP contribution in [0.3, 0.4) is 0 Å². The maximum Gasteiger partial charge on any atom is 0.256 e. The third-order valence-corrected chi connectivity index (χ3v) is 9.08. The van der Waals surface area contributed by atoms with E-state index in [9.17, 15) is 19.5 Å². The van der Waals surface area contributed by atoms with Crippen LogP contribution in [0.5, 0.6) is 23.0 Å². The molecule has 0 aromatic heterocycles. The summed E-state index contributed by atoms with van der Waals surface area (Å²) in [5, 5.41) is 14.1. The highest BCUT2D eigenvalue weighted by molar-refractivity contribution is 6.04. The number of benzene rings is 2. The van der Waals surface area contributed by atoms with Crippen LogP contribution in [0.1, 0.15) is 81.1 Å². The van der Waals surface area contributed by atoms with Crippen LogP contribution in [0.2, 0.25) is 0 Å². The van der Waals surface area contributed by atoms with Gasteiger partial charge in [-0.3, -0.25) is 19.3 Å². The largest absolute Gasteiger partial charge is 0.493 e. The summed E-state index contributed by atoms with van der Waals surface area (Å²) in [4.78, 5) is 41.2. The highest BCUT2D eigenvalue weighted by atomic mass is 16.5. The highest BCUT2D eigenvalue weighted by Crippen LogP contribution is 2.41. The quantitative estimate of drug-likeness (QED) is 0.105. The van der Waals surface area contributed by atoms with Gasteiger partial charge < -0.3 is 34.3 Å². The summed E-state index contributed by atoms with van der Waals surface area (Å²) in [5.41, 5.74) is 3.99. The zero-order valence-corrected chi connectivity index (χ0v) is 29.5. The summed E-state index contributed by atoms with van der Waals surface area (Å²) in [5.74, 6) is 1.32. The van der Waals surface area contributed by atoms with Crippen molar-refractivity contribution >= 4 is 29.6 Å². The van der Waals surface area contributed by atoms with Crippen molar-refractivity contribution in [1.29, 1.82) is 0 Å². The number of hydrogen-bond donors (Lipinski definition) is 2. The van der Waals surface area contributed by atoms with E-state index in [1.165, 1.54) is 12.0 Å². The Morgan fingerprint density at radius 2 is 1.69 bits per heavy atom. The van der Waals surface area contributed by atoms with Gasteiger partial charge >= 0.3 is 0 Å². The number of carbonyl (C=O) groups is 3. The van der Waals surface area contributed by atoms with Crippen molar-refractivity contribution in [2.75, 3.05) is 44.2 Å². The van der Waals surface area contributed by atoms with Crippen molar-refractivity contribution in [3.8, 4) is 23.0 Å². The third-order valence-electron chi connectivity index (χ3n) is 9.08. The number of carbonyl (C=O) groups excluding carboxylic acids is 3. The number of aliphatic hydroxyl groups is 1. The minimum atomic E-state index is -1.22. The number of methoxy groups -OCH3 is 2. The molecule has 3 atom stereocenters. The molecule has 11 nitrogen and oxygen atoms in total. The Morgan fingerprint density at radius 1 is 1.04 bits per heavy atom. The molecular formula is C38H51N3O8. The first-order valence-electron chi connectivity index (χ1n) is 17.1. The fraction of sp³-hybridized carbons (Fsp3) is 0.500. The molecule has 4 rings (SSSR count). The highest BCUT2D eigenvalue weighted by Gasteiger charge is 2.43. The number of nitrogens with one attached hydrogen (secondary N) is 1. The van der Waals surface area contributed by atoms with Crippen molar-refractivity contribution in [2.45, 2.75) is 84.4 Å². The maximum atomic E-state index is 13.4. The normalized spacial score (nSPS) is 17.5. The number of aryl methyl sites for hydroxylation is 1. The zero-order chi connectivity index (χ0) is 35.7. The lowest BCUT2D eigenvalue weighted by Crippen LogP contribution is -2.48. The van der Waals surface area contributed by atoms with E-state index in [0.29, 0.717) is 74.1 Å². The number of anilines is 2. The van der Waals surface area contributed by atoms with Crippen molar-refractivity contribution < 1.29 is 38.4 Å². The lowest BCUT2D eigenvalue weighted by atomic mass is 9.97. The smallest absolute Gasteiger partial charge is 0.256 e. The molecular weight excluding hydrogens is 626 g/mol. The van der Waals surface area contributed by atoms with Gasteiger partial charge in [0.15, 0.2) is 29.2 Å². The van der Waals surface area contributed by atoms with Gasteiger partial charge in [0.2, 0.25) is 12.3 Å². The number of hydrogen-bond acceptors (Lipinski definition) is 8. The molecule has 0 radical (unpaired) electrons. The molecule has 0 spiro atoms. The molecule has 0 aliphatic carbocycles. The van der Waals surface area contributed by atoms with E-state index in [2.05, 4.69) is 25.4 Å². The molecule has 1 saturated heterocycles. The molecule has 266 valence electrons. The second kappa shape index (κ2) is 17.2. The lowest BCUT2D eigenvalue weighted by molar-refractivity contribution is -0.119. The summed E-state index contributed by atoms with van der Waals surface area (Å²) >= 11 is 0. The van der Waals surface area contributed by atoms with Crippen LogP contribution in [0.15, 0.2) is 48.6 Å². The van der Waals surface area contributed by atoms with E-state index in [1.807, 2.05) is 26.0 Å². The van der Waals surface area contributed by atoms with Crippen LogP contribution in [0, 0.1) is 12.8 Å². The summed E-state index contributed by atoms with van der Waals surface area (Å²) in [6, 6.07) is 6.23. The fourth-order valence-corrected chi connectivity index (χ4v) is 6.25. The summed E-state index contributed by atoms with van der Waals surface area (Å²) in [7, 11) is 3.08. The van der Waals surface area contributed by atoms with Crippen molar-refractivity contribution in [2.24, 2.45) is 5.92 Å². The number of amides is 3. The fourth-order valence-electron chi connectivity index (χ4n) is 6.25. The Morgan fingerprint density at radius 3 is 2.33 bits per heavy atom. The number of allylic oxidation sites excluding steroid dienone is 1. The van der Waals surface area contributed by atoms with Crippen molar-refractivity contribution in [3.63, 3.8) is 0 Å². The predicted octanol–water partition coefficient (Wildman–Crippen LogP) is 6.42. The first kappa shape index (κ1) is 37.3. The molecule has 3 unspecified atom stereocenters. The maximum absolute atomic E-state index is 13.4. The van der Waals surface area contributed by atoms with E-state index < -0.39 is 12.3 Å². The van der Waals surface area contributed by atoms with E-state index >= 15 is 0 Å². The van der Waals surface area contributed by atoms with Crippen LogP contribution in [-0.4, -0.2) is 74.5 Å². The van der Waals surface area contributed by atoms with Crippen LogP contribution in [-0.2, 0) is 9.59 Å². The second-order valence-corrected chi connectivity index (χ2v) is 12.9. The Bertz CT molecular complexity index is 1540. The van der Waals surface area contributed by atoms with Gasteiger partial charge in [0.05, 0.1) is 44.7 Å². The second-order valence-electron chi connectivity index (χ2n) is 12.9. The number of nitrogens with zero attached hydrogens (tertiary/aromatic N) is 2. The molecule has 2 aromatic carbocycles. The molecule has 2 aliphatic rings. The van der Waals surface area contributed by atoms with Gasteiger partial charge in [-0.25, -0.2) is 0 Å². The van der Waals surface area contributed by atoms with E-state index in [4.69, 9.17) is 18.9 Å². The molecule has 0 saturated carbocycles. The number of aliphatic hydroxyl groups excluding tert-OH is 1. The van der Waals surface area contributed by atoms with Gasteiger partial charge in [0, 0.05) is 30.3 Å². The molecule has 0 bridgehead atoms. The van der Waals surface area contributed by atoms with Crippen molar-refractivity contribution in [1.82, 2.24) is 4.90 Å². The zero-order valence-electron chi connectivity index (χ0n) is 29.5. The predicted molar refractivity (Wildman–Crippen MR) is 190 cm³/mol. The number of ether oxygens (including phenoxy) is 4. The van der Waals surface area contributed by atoms with E-state index in [0.717, 1.165) is 48.8 Å². The molecule has 11 heteroatoms. The number of fused-ring (bicyclic) bond motifs is 2. The lowest BCUT2D eigenvalue weighted by Gasteiger charge is -2.29. The minimum Gasteiger partial charge on any atom is -0.493 e. The minimum absolute atomic E-state index is 0.0590. The first-order chi connectivity index (χ1) is 23.5. The van der Waals surface area contributed by atoms with E-state index in [-0.39, 0.29) is 29.0 Å². The van der Waals surface area contributed by atoms with E-state index in [1.54, 1.807) is 24.1 Å². The standard InChI is InChI=1S/C38H51N3O8/c1-8-9-13-24(2)16-27(5)36(43)39-29-20-34(32(46-6)18-26(29)4)48-14-11-10-12-15-49-35-21-30-28(19-33(35)47-7)37(44)40-22-25(3)17-31(40)38(45)41(30)23-42/h18-21,23,27,31,38,45H,2-3,8-17,22H2,1,4-7H3,(H,39,43). The average molecular weight is 678 g/mol. The molecule has 2 aromatic rings. The molecule has 1 fully saturated rings. The van der Waals surface area contributed by atoms with Crippen LogP contribution >= 0.6 is 0 Å². The number of unbranched alkanes of at least 4 members (excludes halogenated alkanes) is 3. The number of rotatable bonds is 18. The third kappa shape index (κ3) is 8.94. The molecule has 2 heterocycles. The average Bonchev–Trinajstić information content (AvgIpc) is 3.46. The summed E-state index contributed by atoms with van der Waals surface area (Å²) in [6.07, 6.45) is 5.74. The van der Waals surface area contributed by atoms with Gasteiger partial charge in [-0.2, -0.15) is 0 Å². The van der Waals surface area contributed by atoms with Crippen molar-refractivity contribution in [3.05, 3.63) is 59.7 Å². The molecule has 3 amide bonds. The topological polar surface area (TPSA) is 127 Å². The van der Waals surface area contributed by atoms with Gasteiger partial charge in [0.1, 0.15) is 0 Å². The van der Waals surface area contributed by atoms with Gasteiger partial charge in [0.25, 0.3) is 5.91 Å². The summed E-state index contributed by atoms with van der Waals surface area (Å²) < 4.78 is 23.2. The first-order valence-corrected chi connectivity index (χ1v) is 17.1. The van der Waals surface area contributed by atoms with Crippen LogP contribution in [0.25, 0.3) is 0 Å². The van der Waals surface area contributed by atoms with Crippen LogP contribution < -0.4 is 29.2 Å². The van der Waals surface area contributed by atoms with Gasteiger partial charge in [-0.1, -0.05) is 44.6 Å². The SMILES string of the molecule is C=C(CCCC)CC(C)C(=O)Nc1cc(OCCCCCOc2cc3c(cc2OC)C(=O)N2CC(=C)CC2C(O)N3C=O)c(OC)cc1C. The Labute approximate surface area is 289 Å². The Balaban J connectivity index is 1.31. The molecule has 2 aliphatic heterocycles. The van der Waals surface area contributed by atoms with Gasteiger partial charge in [-0.15, -0.1) is 0 Å². The Kier molecular flexibility index (Phi) is 13.1. The molecule has 49 heavy (non-hydrogen) atoms. The van der Waals surface area contributed by atoms with Gasteiger partial charge in [-0.05, 0) is 69.6 Å². The van der Waals surface area contributed by atoms with Crippen LogP contribution in [0.4, 0.5) is 11.4 Å².